The van der Waals surface area contributed by atoms with E-state index >= 15 is 0 Å². The van der Waals surface area contributed by atoms with E-state index in [-0.39, 0.29) is 22.3 Å². The lowest BCUT2D eigenvalue weighted by Gasteiger charge is -2.38. The Morgan fingerprint density at radius 3 is 2.47 bits per heavy atom. The molecule has 6 rings (SSSR count). The lowest BCUT2D eigenvalue weighted by atomic mass is 10.0. The molecule has 0 radical (unpaired) electrons. The van der Waals surface area contributed by atoms with E-state index in [1.165, 1.54) is 0 Å². The Morgan fingerprint density at radius 1 is 1.03 bits per heavy atom. The summed E-state index contributed by atoms with van der Waals surface area (Å²) in [5.41, 5.74) is 3.81. The Morgan fingerprint density at radius 2 is 1.78 bits per heavy atom. The zero-order valence-corrected chi connectivity index (χ0v) is 18.5. The van der Waals surface area contributed by atoms with E-state index in [4.69, 9.17) is 0 Å². The number of pyridine rings is 1. The fraction of sp³-hybridized carbons (Fsp3) is 0.435. The molecule has 2 saturated carbocycles. The number of carbonyl (C=O) groups excluding carboxylic acids is 1. The van der Waals surface area contributed by atoms with Crippen molar-refractivity contribution in [3.05, 3.63) is 48.2 Å². The van der Waals surface area contributed by atoms with Gasteiger partial charge in [-0.1, -0.05) is 24.3 Å². The van der Waals surface area contributed by atoms with Crippen molar-refractivity contribution >= 4 is 27.3 Å². The Balaban J connectivity index is 1.15. The van der Waals surface area contributed by atoms with Gasteiger partial charge in [0.05, 0.1) is 10.5 Å². The van der Waals surface area contributed by atoms with Gasteiger partial charge in [-0.15, -0.1) is 5.10 Å². The highest BCUT2D eigenvalue weighted by Crippen LogP contribution is 2.35. The molecule has 8 nitrogen and oxygen atoms in total. The summed E-state index contributed by atoms with van der Waals surface area (Å²) in [5.74, 6) is 0.425. The smallest absolute Gasteiger partial charge is 0.249 e. The van der Waals surface area contributed by atoms with E-state index in [1.807, 2.05) is 18.3 Å². The molecule has 3 aromatic rings. The van der Waals surface area contributed by atoms with Gasteiger partial charge in [-0.25, -0.2) is 12.9 Å². The van der Waals surface area contributed by atoms with Crippen LogP contribution >= 0.6 is 0 Å². The number of carbonyl (C=O) groups is 1. The maximum atomic E-state index is 12.3. The Labute approximate surface area is 186 Å². The van der Waals surface area contributed by atoms with Crippen molar-refractivity contribution in [1.82, 2.24) is 19.5 Å². The Bertz CT molecular complexity index is 1290. The normalized spacial score (nSPS) is 19.8. The monoisotopic (exact) mass is 451 g/mol. The number of nitrogens with zero attached hydrogens (tertiary/aromatic N) is 4. The van der Waals surface area contributed by atoms with E-state index in [9.17, 15) is 13.2 Å². The molecule has 1 aromatic carbocycles. The van der Waals surface area contributed by atoms with Gasteiger partial charge < -0.3 is 0 Å². The zero-order chi connectivity index (χ0) is 21.9. The number of likely N-dealkylation sites (tertiary alicyclic amines) is 1. The van der Waals surface area contributed by atoms with Crippen LogP contribution in [0.15, 0.2) is 42.6 Å². The van der Waals surface area contributed by atoms with Gasteiger partial charge in [-0.3, -0.25) is 15.0 Å². The molecule has 0 unspecified atom stereocenters. The molecule has 1 aliphatic heterocycles. The minimum Gasteiger partial charge on any atom is -0.296 e. The second-order valence-corrected chi connectivity index (χ2v) is 11.7. The van der Waals surface area contributed by atoms with Crippen LogP contribution in [-0.2, 0) is 21.2 Å². The van der Waals surface area contributed by atoms with E-state index in [1.54, 1.807) is 4.52 Å². The molecule has 166 valence electrons. The van der Waals surface area contributed by atoms with E-state index in [0.717, 1.165) is 48.9 Å². The number of rotatable bonds is 7. The van der Waals surface area contributed by atoms with Crippen molar-refractivity contribution in [3.63, 3.8) is 0 Å². The van der Waals surface area contributed by atoms with E-state index in [2.05, 4.69) is 44.6 Å². The highest BCUT2D eigenvalue weighted by Gasteiger charge is 2.46. The van der Waals surface area contributed by atoms with Crippen molar-refractivity contribution < 1.29 is 13.2 Å². The Kier molecular flexibility index (Phi) is 4.58. The van der Waals surface area contributed by atoms with Crippen LogP contribution < -0.4 is 5.32 Å². The third kappa shape index (κ3) is 3.69. The molecule has 0 bridgehead atoms. The molecule has 3 heterocycles. The van der Waals surface area contributed by atoms with Gasteiger partial charge in [0.2, 0.25) is 11.9 Å². The second-order valence-electron chi connectivity index (χ2n) is 9.19. The van der Waals surface area contributed by atoms with Crippen LogP contribution in [0.25, 0.3) is 16.8 Å². The van der Waals surface area contributed by atoms with Crippen LogP contribution in [-0.4, -0.2) is 57.4 Å². The van der Waals surface area contributed by atoms with Gasteiger partial charge >= 0.3 is 0 Å². The highest BCUT2D eigenvalue weighted by molar-refractivity contribution is 7.93. The fourth-order valence-electron chi connectivity index (χ4n) is 4.32. The molecule has 32 heavy (non-hydrogen) atoms. The molecule has 1 amide bonds. The molecule has 1 N–H and O–H groups in total. The van der Waals surface area contributed by atoms with Crippen molar-refractivity contribution in [2.75, 3.05) is 18.4 Å². The van der Waals surface area contributed by atoms with Crippen molar-refractivity contribution in [1.29, 1.82) is 0 Å². The molecule has 3 aliphatic rings. The summed E-state index contributed by atoms with van der Waals surface area (Å²) in [5, 5.41) is 6.94. The van der Waals surface area contributed by atoms with Gasteiger partial charge in [0.25, 0.3) is 0 Å². The number of amides is 1. The first-order valence-electron chi connectivity index (χ1n) is 11.2. The summed E-state index contributed by atoms with van der Waals surface area (Å²) < 4.78 is 26.3. The predicted octanol–water partition coefficient (Wildman–Crippen LogP) is 2.51. The van der Waals surface area contributed by atoms with E-state index < -0.39 is 9.84 Å². The van der Waals surface area contributed by atoms with Gasteiger partial charge in [0.1, 0.15) is 0 Å². The predicted molar refractivity (Wildman–Crippen MR) is 121 cm³/mol. The largest absolute Gasteiger partial charge is 0.296 e. The number of fused-ring (bicyclic) bond motifs is 1. The number of anilines is 1. The minimum absolute atomic E-state index is 0.00928. The number of benzene rings is 1. The van der Waals surface area contributed by atoms with Crippen LogP contribution in [0, 0.1) is 5.92 Å². The number of hydrogen-bond acceptors (Lipinski definition) is 6. The molecule has 0 spiro atoms. The highest BCUT2D eigenvalue weighted by atomic mass is 32.2. The minimum atomic E-state index is -2.91. The Hall–Kier alpha value is -2.78. The lowest BCUT2D eigenvalue weighted by Crippen LogP contribution is -2.54. The quantitative estimate of drug-likeness (QED) is 0.593. The third-order valence-corrected chi connectivity index (χ3v) is 9.22. The lowest BCUT2D eigenvalue weighted by molar-refractivity contribution is -0.117. The molecular formula is C23H25N5O3S. The molecular weight excluding hydrogens is 426 g/mol. The average molecular weight is 452 g/mol. The standard InChI is InChI=1S/C23H25N5O3S/c29-22(17-7-8-17)25-23-24-21-20(2-1-11-28(21)26-23)16-5-3-15(4-6-16)12-27-13-19(14-27)32(30,31)18-9-10-18/h1-6,11,17-19H,7-10,12-14H2,(H,25,26,29). The first-order chi connectivity index (χ1) is 15.5. The summed E-state index contributed by atoms with van der Waals surface area (Å²) in [7, 11) is -2.91. The van der Waals surface area contributed by atoms with Crippen LogP contribution in [0.3, 0.4) is 0 Å². The van der Waals surface area contributed by atoms with Gasteiger partial charge in [-0.05, 0) is 48.9 Å². The van der Waals surface area contributed by atoms with Gasteiger partial charge in [0.15, 0.2) is 15.5 Å². The van der Waals surface area contributed by atoms with Crippen molar-refractivity contribution in [2.45, 2.75) is 42.7 Å². The molecule has 2 aliphatic carbocycles. The second kappa shape index (κ2) is 7.38. The van der Waals surface area contributed by atoms with Crippen molar-refractivity contribution in [2.24, 2.45) is 5.92 Å². The van der Waals surface area contributed by atoms with Gasteiger partial charge in [0, 0.05) is 37.3 Å². The van der Waals surface area contributed by atoms with Crippen LogP contribution in [0.2, 0.25) is 0 Å². The van der Waals surface area contributed by atoms with E-state index in [0.29, 0.717) is 24.7 Å². The first kappa shape index (κ1) is 19.9. The summed E-state index contributed by atoms with van der Waals surface area (Å²) in [6, 6.07) is 12.2. The molecule has 0 atom stereocenters. The summed E-state index contributed by atoms with van der Waals surface area (Å²) >= 11 is 0. The summed E-state index contributed by atoms with van der Waals surface area (Å²) in [6.45, 7) is 2.02. The van der Waals surface area contributed by atoms with Crippen molar-refractivity contribution in [3.8, 4) is 11.1 Å². The molecule has 1 saturated heterocycles. The average Bonchev–Trinajstić information content (AvgIpc) is 3.65. The van der Waals surface area contributed by atoms with Crippen LogP contribution in [0.1, 0.15) is 31.2 Å². The molecule has 2 aromatic heterocycles. The number of hydrogen-bond donors (Lipinski definition) is 1. The molecule has 9 heteroatoms. The fourth-order valence-corrected chi connectivity index (χ4v) is 6.49. The SMILES string of the molecule is O=C(Nc1nc2c(-c3ccc(CN4CC(S(=O)(=O)C5CC5)C4)cc3)cccn2n1)C1CC1. The maximum absolute atomic E-state index is 12.3. The van der Waals surface area contributed by atoms with Crippen LogP contribution in [0.5, 0.6) is 0 Å². The molecule has 3 fully saturated rings. The van der Waals surface area contributed by atoms with Crippen LogP contribution in [0.4, 0.5) is 5.95 Å². The number of aromatic nitrogens is 3. The number of sulfone groups is 1. The summed E-state index contributed by atoms with van der Waals surface area (Å²) in [4.78, 5) is 18.8. The van der Waals surface area contributed by atoms with Gasteiger partial charge in [-0.2, -0.15) is 4.98 Å². The zero-order valence-electron chi connectivity index (χ0n) is 17.6. The summed E-state index contributed by atoms with van der Waals surface area (Å²) in [6.07, 6.45) is 5.38. The third-order valence-electron chi connectivity index (χ3n) is 6.59. The topological polar surface area (TPSA) is 96.7 Å². The maximum Gasteiger partial charge on any atom is 0.249 e. The first-order valence-corrected chi connectivity index (χ1v) is 12.8. The number of nitrogens with one attached hydrogen (secondary N) is 1.